The Kier molecular flexibility index (Phi) is 2.17. The van der Waals surface area contributed by atoms with Crippen LogP contribution in [0.5, 0.6) is 0 Å². The Hall–Kier alpha value is -2.29. The fourth-order valence-corrected chi connectivity index (χ4v) is 2.34. The summed E-state index contributed by atoms with van der Waals surface area (Å²) in [6.07, 6.45) is 11.2. The molecule has 0 aromatic carbocycles. The van der Waals surface area contributed by atoms with Gasteiger partial charge in [0, 0.05) is 17.8 Å². The second-order valence-electron chi connectivity index (χ2n) is 4.12. The maximum atomic E-state index is 14.3. The molecule has 0 unspecified atom stereocenters. The van der Waals surface area contributed by atoms with Crippen molar-refractivity contribution >= 4 is 18.9 Å². The fraction of sp³-hybridized carbons (Fsp3) is 0.0833. The Balaban J connectivity index is 2.21. The standard InChI is InChI=1S/C12H10BF2N3/c1-2-7-16-12-10-5-3-8-17(10)13(14,15)18-9-4-6-11(12)18/h1,3-6,8-9,16H,7H2. The average molecular weight is 245 g/mol. The molecule has 0 saturated carbocycles. The van der Waals surface area contributed by atoms with Crippen molar-refractivity contribution in [1.82, 2.24) is 9.79 Å². The highest BCUT2D eigenvalue weighted by molar-refractivity contribution is 6.57. The molecular formula is C12H10BF2N3. The maximum Gasteiger partial charge on any atom is 0.737 e. The van der Waals surface area contributed by atoms with E-state index in [0.29, 0.717) is 23.6 Å². The Morgan fingerprint density at radius 1 is 1.50 bits per heavy atom. The van der Waals surface area contributed by atoms with Crippen LogP contribution in [0.2, 0.25) is 0 Å². The Morgan fingerprint density at radius 3 is 3.11 bits per heavy atom. The first-order valence-corrected chi connectivity index (χ1v) is 5.57. The van der Waals surface area contributed by atoms with E-state index in [9.17, 15) is 8.63 Å². The predicted octanol–water partition coefficient (Wildman–Crippen LogP) is 1.27. The Morgan fingerprint density at radius 2 is 2.33 bits per heavy atom. The SMILES string of the molecule is C#CCNC1=C2C=CC=[N+]2[B-](F)(F)n2cccc21. The average Bonchev–Trinajstić information content (AvgIpc) is 2.97. The lowest BCUT2D eigenvalue weighted by Crippen LogP contribution is -2.50. The van der Waals surface area contributed by atoms with Gasteiger partial charge in [0.15, 0.2) is 5.70 Å². The number of terminal acetylenes is 1. The topological polar surface area (TPSA) is 20.0 Å². The number of allylic oxidation sites excluding steroid dienone is 2. The summed E-state index contributed by atoms with van der Waals surface area (Å²) in [5, 5.41) is 3.01. The molecule has 0 saturated heterocycles. The molecule has 0 fully saturated rings. The number of hydrogen-bond donors (Lipinski definition) is 1. The molecular weight excluding hydrogens is 235 g/mol. The smallest absolute Gasteiger partial charge is 0.395 e. The minimum absolute atomic E-state index is 0.296. The van der Waals surface area contributed by atoms with Gasteiger partial charge in [0.05, 0.1) is 6.54 Å². The molecule has 0 aliphatic carbocycles. The van der Waals surface area contributed by atoms with Crippen LogP contribution in [0.25, 0.3) is 5.70 Å². The van der Waals surface area contributed by atoms with E-state index >= 15 is 0 Å². The van der Waals surface area contributed by atoms with Crippen molar-refractivity contribution in [2.24, 2.45) is 0 Å². The first kappa shape index (κ1) is 10.8. The van der Waals surface area contributed by atoms with Crippen molar-refractivity contribution in [3.8, 4) is 12.3 Å². The third kappa shape index (κ3) is 1.27. The molecule has 90 valence electrons. The van der Waals surface area contributed by atoms with Crippen LogP contribution in [-0.2, 0) is 0 Å². The van der Waals surface area contributed by atoms with Crippen molar-refractivity contribution in [2.75, 3.05) is 6.54 Å². The highest BCUT2D eigenvalue weighted by atomic mass is 19.2. The normalized spacial score (nSPS) is 19.1. The minimum Gasteiger partial charge on any atom is -0.395 e. The van der Waals surface area contributed by atoms with E-state index in [1.165, 1.54) is 12.4 Å². The van der Waals surface area contributed by atoms with Gasteiger partial charge in [-0.3, -0.25) is 0 Å². The summed E-state index contributed by atoms with van der Waals surface area (Å²) in [7, 11) is 0. The highest BCUT2D eigenvalue weighted by Gasteiger charge is 2.51. The van der Waals surface area contributed by atoms with Crippen LogP contribution in [0.3, 0.4) is 0 Å². The lowest BCUT2D eigenvalue weighted by atomic mass is 9.91. The van der Waals surface area contributed by atoms with Crippen LogP contribution in [0.15, 0.2) is 36.2 Å². The molecule has 1 N–H and O–H groups in total. The molecule has 6 heteroatoms. The van der Waals surface area contributed by atoms with Crippen molar-refractivity contribution < 1.29 is 13.1 Å². The first-order valence-electron chi connectivity index (χ1n) is 5.57. The molecule has 3 nitrogen and oxygen atoms in total. The van der Waals surface area contributed by atoms with Crippen molar-refractivity contribution in [2.45, 2.75) is 0 Å². The van der Waals surface area contributed by atoms with Gasteiger partial charge in [-0.1, -0.05) is 5.92 Å². The van der Waals surface area contributed by atoms with Gasteiger partial charge in [-0.05, 0) is 18.3 Å². The number of halogens is 2. The molecule has 3 rings (SSSR count). The molecule has 2 aliphatic heterocycles. The van der Waals surface area contributed by atoms with Crippen LogP contribution in [0.1, 0.15) is 5.69 Å². The summed E-state index contributed by atoms with van der Waals surface area (Å²) in [5.41, 5.74) is 1.55. The zero-order valence-electron chi connectivity index (χ0n) is 9.48. The van der Waals surface area contributed by atoms with Crippen LogP contribution >= 0.6 is 0 Å². The van der Waals surface area contributed by atoms with Crippen LogP contribution in [0.4, 0.5) is 8.63 Å². The lowest BCUT2D eigenvalue weighted by molar-refractivity contribution is -0.356. The van der Waals surface area contributed by atoms with E-state index in [0.717, 1.165) is 8.96 Å². The monoisotopic (exact) mass is 245 g/mol. The Labute approximate surface area is 103 Å². The second-order valence-corrected chi connectivity index (χ2v) is 4.12. The van der Waals surface area contributed by atoms with Gasteiger partial charge in [-0.2, -0.15) is 0 Å². The molecule has 0 atom stereocenters. The largest absolute Gasteiger partial charge is 0.737 e. The molecule has 1 aromatic heterocycles. The van der Waals surface area contributed by atoms with Crippen molar-refractivity contribution in [3.05, 3.63) is 41.9 Å². The number of fused-ring (bicyclic) bond motifs is 2. The number of aromatic nitrogens is 1. The third-order valence-electron chi connectivity index (χ3n) is 3.11. The molecule has 3 heterocycles. The quantitative estimate of drug-likeness (QED) is 0.614. The minimum atomic E-state index is -3.81. The van der Waals surface area contributed by atoms with Crippen LogP contribution in [-0.4, -0.2) is 28.7 Å². The summed E-state index contributed by atoms with van der Waals surface area (Å²) in [6, 6.07) is 3.26. The van der Waals surface area contributed by atoms with Crippen molar-refractivity contribution in [1.29, 1.82) is 0 Å². The molecule has 1 aromatic rings. The van der Waals surface area contributed by atoms with Crippen molar-refractivity contribution in [3.63, 3.8) is 0 Å². The summed E-state index contributed by atoms with van der Waals surface area (Å²) in [6.45, 7) is -3.52. The van der Waals surface area contributed by atoms with E-state index in [-0.39, 0.29) is 0 Å². The summed E-state index contributed by atoms with van der Waals surface area (Å²) >= 11 is 0. The first-order chi connectivity index (χ1) is 8.66. The molecule has 0 spiro atoms. The van der Waals surface area contributed by atoms with Gasteiger partial charge >= 0.3 is 6.97 Å². The molecule has 18 heavy (non-hydrogen) atoms. The number of nitrogens with zero attached hydrogens (tertiary/aromatic N) is 2. The van der Waals surface area contributed by atoms with Gasteiger partial charge < -0.3 is 22.9 Å². The molecule has 2 aliphatic rings. The van der Waals surface area contributed by atoms with Crippen LogP contribution < -0.4 is 5.32 Å². The number of nitrogens with one attached hydrogen (secondary N) is 1. The summed E-state index contributed by atoms with van der Waals surface area (Å²) < 4.78 is 30.5. The van der Waals surface area contributed by atoms with Gasteiger partial charge in [0.2, 0.25) is 0 Å². The van der Waals surface area contributed by atoms with Gasteiger partial charge in [0.1, 0.15) is 11.9 Å². The van der Waals surface area contributed by atoms with Crippen LogP contribution in [0, 0.1) is 12.3 Å². The maximum absolute atomic E-state index is 14.3. The van der Waals surface area contributed by atoms with E-state index in [4.69, 9.17) is 6.42 Å². The molecule has 0 bridgehead atoms. The number of hydrogen-bond acceptors (Lipinski definition) is 1. The zero-order valence-corrected chi connectivity index (χ0v) is 9.48. The third-order valence-corrected chi connectivity index (χ3v) is 3.11. The highest BCUT2D eigenvalue weighted by Crippen LogP contribution is 2.32. The second kappa shape index (κ2) is 3.60. The summed E-state index contributed by atoms with van der Waals surface area (Å²) in [4.78, 5) is 0. The Bertz CT molecular complexity index is 647. The zero-order chi connectivity index (χ0) is 12.8. The van der Waals surface area contributed by atoms with Gasteiger partial charge in [0.25, 0.3) is 0 Å². The molecule has 0 amide bonds. The fourth-order valence-electron chi connectivity index (χ4n) is 2.34. The van der Waals surface area contributed by atoms with E-state index in [1.807, 2.05) is 0 Å². The summed E-state index contributed by atoms with van der Waals surface area (Å²) in [5.74, 6) is 2.45. The van der Waals surface area contributed by atoms with Gasteiger partial charge in [-0.25, -0.2) is 0 Å². The van der Waals surface area contributed by atoms with Gasteiger partial charge in [-0.15, -0.1) is 6.42 Å². The lowest BCUT2D eigenvalue weighted by Gasteiger charge is -2.30. The van der Waals surface area contributed by atoms with E-state index < -0.39 is 6.97 Å². The number of rotatable bonds is 2. The van der Waals surface area contributed by atoms with E-state index in [2.05, 4.69) is 11.2 Å². The predicted molar refractivity (Wildman–Crippen MR) is 67.0 cm³/mol. The van der Waals surface area contributed by atoms with E-state index in [1.54, 1.807) is 24.3 Å². The molecule has 0 radical (unpaired) electrons.